The van der Waals surface area contributed by atoms with Crippen molar-refractivity contribution in [2.24, 2.45) is 0 Å². The first-order chi connectivity index (χ1) is 11.5. The maximum absolute atomic E-state index is 11.9. The molecule has 2 rings (SSSR count). The highest BCUT2D eigenvalue weighted by Gasteiger charge is 2.07. The summed E-state index contributed by atoms with van der Waals surface area (Å²) >= 11 is 7.63. The van der Waals surface area contributed by atoms with Gasteiger partial charge in [-0.2, -0.15) is 0 Å². The molecule has 1 atom stereocenters. The molecule has 2 aromatic carbocycles. The summed E-state index contributed by atoms with van der Waals surface area (Å²) in [5.74, 6) is 0.877. The van der Waals surface area contributed by atoms with E-state index in [-0.39, 0.29) is 11.9 Å². The number of aryl methyl sites for hydroxylation is 1. The Kier molecular flexibility index (Phi) is 7.63. The SMILES string of the molecule is Cc1ccc(SCCNC(=O)CN[C@H](C)c2ccc(Cl)cc2)cc1. The zero-order valence-corrected chi connectivity index (χ0v) is 15.6. The van der Waals surface area contributed by atoms with Crippen LogP contribution in [0.3, 0.4) is 0 Å². The van der Waals surface area contributed by atoms with E-state index in [9.17, 15) is 4.79 Å². The molecule has 0 aliphatic heterocycles. The third-order valence-corrected chi connectivity index (χ3v) is 4.92. The van der Waals surface area contributed by atoms with Crippen LogP contribution in [0.15, 0.2) is 53.4 Å². The summed E-state index contributed by atoms with van der Waals surface area (Å²) < 4.78 is 0. The minimum absolute atomic E-state index is 0.0142. The topological polar surface area (TPSA) is 41.1 Å². The molecule has 0 aliphatic carbocycles. The Bertz CT molecular complexity index is 643. The molecule has 0 spiro atoms. The quantitative estimate of drug-likeness (QED) is 0.546. The summed E-state index contributed by atoms with van der Waals surface area (Å²) in [4.78, 5) is 13.1. The molecule has 2 N–H and O–H groups in total. The van der Waals surface area contributed by atoms with Crippen molar-refractivity contribution in [3.8, 4) is 0 Å². The molecule has 0 aliphatic rings. The van der Waals surface area contributed by atoms with Gasteiger partial charge in [0.25, 0.3) is 0 Å². The summed E-state index contributed by atoms with van der Waals surface area (Å²) in [5.41, 5.74) is 2.37. The Morgan fingerprint density at radius 3 is 2.46 bits per heavy atom. The first kappa shape index (κ1) is 18.8. The average molecular weight is 363 g/mol. The van der Waals surface area contributed by atoms with Crippen molar-refractivity contribution in [3.63, 3.8) is 0 Å². The number of carbonyl (C=O) groups is 1. The number of halogens is 1. The summed E-state index contributed by atoms with van der Waals surface area (Å²) in [6, 6.07) is 16.2. The minimum Gasteiger partial charge on any atom is -0.354 e. The number of thioether (sulfide) groups is 1. The van der Waals surface area contributed by atoms with Crippen molar-refractivity contribution in [2.45, 2.75) is 24.8 Å². The van der Waals surface area contributed by atoms with E-state index in [0.717, 1.165) is 16.3 Å². The van der Waals surface area contributed by atoms with Crippen LogP contribution in [0.5, 0.6) is 0 Å². The zero-order chi connectivity index (χ0) is 17.4. The molecule has 0 aromatic heterocycles. The predicted octanol–water partition coefficient (Wildman–Crippen LogP) is 4.21. The lowest BCUT2D eigenvalue weighted by atomic mass is 10.1. The molecule has 0 unspecified atom stereocenters. The Labute approximate surface area is 153 Å². The highest BCUT2D eigenvalue weighted by Crippen LogP contribution is 2.17. The Morgan fingerprint density at radius 1 is 1.12 bits per heavy atom. The van der Waals surface area contributed by atoms with Gasteiger partial charge in [-0.15, -0.1) is 11.8 Å². The summed E-state index contributed by atoms with van der Waals surface area (Å²) in [5, 5.41) is 6.88. The highest BCUT2D eigenvalue weighted by atomic mass is 35.5. The second-order valence-electron chi connectivity index (χ2n) is 5.67. The predicted molar refractivity (Wildman–Crippen MR) is 103 cm³/mol. The number of nitrogens with one attached hydrogen (secondary N) is 2. The number of amides is 1. The van der Waals surface area contributed by atoms with Crippen LogP contribution < -0.4 is 10.6 Å². The minimum atomic E-state index is 0.0142. The lowest BCUT2D eigenvalue weighted by Gasteiger charge is -2.14. The highest BCUT2D eigenvalue weighted by molar-refractivity contribution is 7.99. The number of carbonyl (C=O) groups excluding carboxylic acids is 1. The van der Waals surface area contributed by atoms with Crippen LogP contribution in [0.2, 0.25) is 5.02 Å². The Morgan fingerprint density at radius 2 is 1.79 bits per heavy atom. The second kappa shape index (κ2) is 9.72. The van der Waals surface area contributed by atoms with Crippen molar-refractivity contribution >= 4 is 29.3 Å². The van der Waals surface area contributed by atoms with Crippen LogP contribution in [0.1, 0.15) is 24.1 Å². The molecule has 0 saturated heterocycles. The van der Waals surface area contributed by atoms with Gasteiger partial charge in [-0.3, -0.25) is 4.79 Å². The van der Waals surface area contributed by atoms with E-state index in [2.05, 4.69) is 41.8 Å². The van der Waals surface area contributed by atoms with Gasteiger partial charge < -0.3 is 10.6 Å². The van der Waals surface area contributed by atoms with E-state index in [4.69, 9.17) is 11.6 Å². The first-order valence-corrected chi connectivity index (χ1v) is 9.36. The molecule has 24 heavy (non-hydrogen) atoms. The van der Waals surface area contributed by atoms with Gasteiger partial charge in [0.15, 0.2) is 0 Å². The first-order valence-electron chi connectivity index (χ1n) is 7.99. The van der Waals surface area contributed by atoms with Crippen LogP contribution in [-0.2, 0) is 4.79 Å². The van der Waals surface area contributed by atoms with E-state index in [1.54, 1.807) is 11.8 Å². The van der Waals surface area contributed by atoms with Gasteiger partial charge in [0.05, 0.1) is 6.54 Å². The summed E-state index contributed by atoms with van der Waals surface area (Å²) in [6.45, 7) is 5.07. The third-order valence-electron chi connectivity index (χ3n) is 3.65. The molecule has 1 amide bonds. The molecule has 0 fully saturated rings. The fourth-order valence-electron chi connectivity index (χ4n) is 2.17. The third kappa shape index (κ3) is 6.56. The van der Waals surface area contributed by atoms with Crippen LogP contribution in [0, 0.1) is 6.92 Å². The molecule has 2 aromatic rings. The smallest absolute Gasteiger partial charge is 0.234 e. The molecule has 0 radical (unpaired) electrons. The number of hydrogen-bond acceptors (Lipinski definition) is 3. The van der Waals surface area contributed by atoms with Crippen molar-refractivity contribution in [1.29, 1.82) is 0 Å². The largest absolute Gasteiger partial charge is 0.354 e. The van der Waals surface area contributed by atoms with E-state index < -0.39 is 0 Å². The van der Waals surface area contributed by atoms with E-state index >= 15 is 0 Å². The van der Waals surface area contributed by atoms with Crippen LogP contribution in [-0.4, -0.2) is 24.7 Å². The van der Waals surface area contributed by atoms with E-state index in [1.807, 2.05) is 31.2 Å². The number of benzene rings is 2. The monoisotopic (exact) mass is 362 g/mol. The van der Waals surface area contributed by atoms with Gasteiger partial charge in [0.1, 0.15) is 0 Å². The van der Waals surface area contributed by atoms with Crippen molar-refractivity contribution in [3.05, 3.63) is 64.7 Å². The van der Waals surface area contributed by atoms with E-state index in [1.165, 1.54) is 10.5 Å². The van der Waals surface area contributed by atoms with Gasteiger partial charge in [0.2, 0.25) is 5.91 Å². The molecule has 0 heterocycles. The Balaban J connectivity index is 1.62. The molecule has 128 valence electrons. The molecule has 3 nitrogen and oxygen atoms in total. The number of rotatable bonds is 8. The fourth-order valence-corrected chi connectivity index (χ4v) is 3.07. The van der Waals surface area contributed by atoms with Crippen LogP contribution in [0.4, 0.5) is 0 Å². The molecule has 0 bridgehead atoms. The molecular formula is C19H23ClN2OS. The maximum Gasteiger partial charge on any atom is 0.234 e. The lowest BCUT2D eigenvalue weighted by Crippen LogP contribution is -2.36. The second-order valence-corrected chi connectivity index (χ2v) is 7.27. The lowest BCUT2D eigenvalue weighted by molar-refractivity contribution is -0.120. The van der Waals surface area contributed by atoms with Gasteiger partial charge >= 0.3 is 0 Å². The van der Waals surface area contributed by atoms with Crippen molar-refractivity contribution in [1.82, 2.24) is 10.6 Å². The van der Waals surface area contributed by atoms with Crippen LogP contribution >= 0.6 is 23.4 Å². The van der Waals surface area contributed by atoms with Gasteiger partial charge in [-0.05, 0) is 43.7 Å². The Hall–Kier alpha value is -1.49. The van der Waals surface area contributed by atoms with E-state index in [0.29, 0.717) is 13.1 Å². The van der Waals surface area contributed by atoms with Gasteiger partial charge in [-0.1, -0.05) is 41.4 Å². The molecular weight excluding hydrogens is 340 g/mol. The van der Waals surface area contributed by atoms with Gasteiger partial charge in [-0.25, -0.2) is 0 Å². The maximum atomic E-state index is 11.9. The zero-order valence-electron chi connectivity index (χ0n) is 14.0. The van der Waals surface area contributed by atoms with Crippen molar-refractivity contribution < 1.29 is 4.79 Å². The molecule has 0 saturated carbocycles. The van der Waals surface area contributed by atoms with Gasteiger partial charge in [0, 0.05) is 28.3 Å². The average Bonchev–Trinajstić information content (AvgIpc) is 2.59. The fraction of sp³-hybridized carbons (Fsp3) is 0.316. The summed E-state index contributed by atoms with van der Waals surface area (Å²) in [6.07, 6.45) is 0. The molecule has 5 heteroatoms. The van der Waals surface area contributed by atoms with Crippen molar-refractivity contribution in [2.75, 3.05) is 18.8 Å². The number of hydrogen-bond donors (Lipinski definition) is 2. The summed E-state index contributed by atoms with van der Waals surface area (Å²) in [7, 11) is 0. The standard InChI is InChI=1S/C19H23ClN2OS/c1-14-3-9-18(10-4-14)24-12-11-21-19(23)13-22-15(2)16-5-7-17(20)8-6-16/h3-10,15,22H,11-13H2,1-2H3,(H,21,23)/t15-/m1/s1. The normalized spacial score (nSPS) is 12.0. The van der Waals surface area contributed by atoms with Crippen LogP contribution in [0.25, 0.3) is 0 Å².